The molecule has 0 aliphatic heterocycles. The number of rotatable bonds is 11. The molecule has 1 aromatic heterocycles. The number of carbonyl (C=O) groups excluding carboxylic acids is 1. The average molecular weight is 321 g/mol. The van der Waals surface area contributed by atoms with Gasteiger partial charge < -0.3 is 15.7 Å². The normalized spacial score (nSPS) is 10.6. The van der Waals surface area contributed by atoms with Gasteiger partial charge in [-0.05, 0) is 30.4 Å². The number of nitrogens with zero attached hydrogens (tertiary/aromatic N) is 1. The summed E-state index contributed by atoms with van der Waals surface area (Å²) in [7, 11) is 0. The molecule has 23 heavy (non-hydrogen) atoms. The summed E-state index contributed by atoms with van der Waals surface area (Å²) in [6.45, 7) is 5.31. The van der Waals surface area contributed by atoms with E-state index in [1.807, 2.05) is 12.3 Å². The molecule has 3 N–H and O–H groups in total. The fraction of sp³-hybridized carbons (Fsp3) is 0.588. The topological polar surface area (TPSA) is 91.3 Å². The SMILES string of the molecule is CC(C)c1ccc(NCCCCCC(=O)NCCC(=O)O)nc1. The maximum atomic E-state index is 11.4. The molecule has 6 heteroatoms. The summed E-state index contributed by atoms with van der Waals surface area (Å²) in [5.74, 6) is 0.385. The van der Waals surface area contributed by atoms with Crippen LogP contribution in [0.2, 0.25) is 0 Å². The zero-order valence-corrected chi connectivity index (χ0v) is 14.0. The summed E-state index contributed by atoms with van der Waals surface area (Å²) in [6.07, 6.45) is 5.04. The van der Waals surface area contributed by atoms with E-state index in [4.69, 9.17) is 5.11 Å². The molecule has 0 bridgehead atoms. The van der Waals surface area contributed by atoms with E-state index < -0.39 is 5.97 Å². The predicted molar refractivity (Wildman–Crippen MR) is 90.5 cm³/mol. The van der Waals surface area contributed by atoms with Crippen molar-refractivity contribution in [3.63, 3.8) is 0 Å². The first-order chi connectivity index (χ1) is 11.0. The predicted octanol–water partition coefficient (Wildman–Crippen LogP) is 2.77. The number of hydrogen-bond donors (Lipinski definition) is 3. The second-order valence-corrected chi connectivity index (χ2v) is 5.86. The quantitative estimate of drug-likeness (QED) is 0.545. The van der Waals surface area contributed by atoms with Gasteiger partial charge in [-0.2, -0.15) is 0 Å². The highest BCUT2D eigenvalue weighted by molar-refractivity contribution is 5.76. The highest BCUT2D eigenvalue weighted by atomic mass is 16.4. The molecule has 128 valence electrons. The number of carboxylic acid groups (broad SMARTS) is 1. The molecule has 1 heterocycles. The van der Waals surface area contributed by atoms with Crippen molar-refractivity contribution in [3.05, 3.63) is 23.9 Å². The molecule has 1 aromatic rings. The molecule has 0 saturated carbocycles. The lowest BCUT2D eigenvalue weighted by atomic mass is 10.1. The van der Waals surface area contributed by atoms with Gasteiger partial charge in [0.05, 0.1) is 6.42 Å². The third-order valence-electron chi connectivity index (χ3n) is 3.50. The van der Waals surface area contributed by atoms with Crippen molar-refractivity contribution < 1.29 is 14.7 Å². The van der Waals surface area contributed by atoms with Crippen LogP contribution in [-0.2, 0) is 9.59 Å². The van der Waals surface area contributed by atoms with E-state index in [0.29, 0.717) is 12.3 Å². The first-order valence-corrected chi connectivity index (χ1v) is 8.17. The Morgan fingerprint density at radius 3 is 2.52 bits per heavy atom. The van der Waals surface area contributed by atoms with Crippen molar-refractivity contribution in [2.24, 2.45) is 0 Å². The summed E-state index contributed by atoms with van der Waals surface area (Å²) in [6, 6.07) is 4.08. The molecule has 0 fully saturated rings. The number of aliphatic carboxylic acids is 1. The third-order valence-corrected chi connectivity index (χ3v) is 3.50. The molecule has 0 unspecified atom stereocenters. The molecule has 1 rings (SSSR count). The van der Waals surface area contributed by atoms with Crippen LogP contribution in [0.3, 0.4) is 0 Å². The van der Waals surface area contributed by atoms with Crippen molar-refractivity contribution in [3.8, 4) is 0 Å². The van der Waals surface area contributed by atoms with Crippen LogP contribution in [0, 0.1) is 0 Å². The van der Waals surface area contributed by atoms with Gasteiger partial charge in [-0.25, -0.2) is 4.98 Å². The number of aromatic nitrogens is 1. The van der Waals surface area contributed by atoms with Crippen LogP contribution in [0.15, 0.2) is 18.3 Å². The number of carboxylic acids is 1. The summed E-state index contributed by atoms with van der Waals surface area (Å²) in [5, 5.41) is 14.3. The number of anilines is 1. The second-order valence-electron chi connectivity index (χ2n) is 5.86. The molecule has 0 aromatic carbocycles. The lowest BCUT2D eigenvalue weighted by Gasteiger charge is -2.08. The monoisotopic (exact) mass is 321 g/mol. The summed E-state index contributed by atoms with van der Waals surface area (Å²) in [5.41, 5.74) is 1.23. The Labute approximate surface area is 137 Å². The van der Waals surface area contributed by atoms with E-state index in [1.165, 1.54) is 5.56 Å². The van der Waals surface area contributed by atoms with Gasteiger partial charge in [0.2, 0.25) is 5.91 Å². The van der Waals surface area contributed by atoms with Crippen molar-refractivity contribution in [2.45, 2.75) is 51.9 Å². The number of unbranched alkanes of at least 4 members (excludes halogenated alkanes) is 2. The number of carbonyl (C=O) groups is 2. The minimum atomic E-state index is -0.897. The molecule has 0 saturated heterocycles. The van der Waals surface area contributed by atoms with Crippen LogP contribution < -0.4 is 10.6 Å². The van der Waals surface area contributed by atoms with Gasteiger partial charge >= 0.3 is 5.97 Å². The number of amides is 1. The largest absolute Gasteiger partial charge is 0.481 e. The van der Waals surface area contributed by atoms with Crippen LogP contribution in [0.4, 0.5) is 5.82 Å². The van der Waals surface area contributed by atoms with E-state index >= 15 is 0 Å². The van der Waals surface area contributed by atoms with Gasteiger partial charge in [0.1, 0.15) is 5.82 Å². The first-order valence-electron chi connectivity index (χ1n) is 8.17. The Balaban J connectivity index is 2.04. The highest BCUT2D eigenvalue weighted by Crippen LogP contribution is 2.14. The fourth-order valence-electron chi connectivity index (χ4n) is 2.05. The third kappa shape index (κ3) is 8.80. The van der Waals surface area contributed by atoms with Crippen LogP contribution in [-0.4, -0.2) is 35.1 Å². The maximum absolute atomic E-state index is 11.4. The van der Waals surface area contributed by atoms with Crippen LogP contribution in [0.5, 0.6) is 0 Å². The minimum absolute atomic E-state index is 0.0295. The molecule has 0 spiro atoms. The van der Waals surface area contributed by atoms with Gasteiger partial charge in [0.15, 0.2) is 0 Å². The average Bonchev–Trinajstić information content (AvgIpc) is 2.50. The van der Waals surface area contributed by atoms with Crippen molar-refractivity contribution >= 4 is 17.7 Å². The van der Waals surface area contributed by atoms with Gasteiger partial charge in [-0.15, -0.1) is 0 Å². The van der Waals surface area contributed by atoms with Crippen molar-refractivity contribution in [2.75, 3.05) is 18.4 Å². The summed E-state index contributed by atoms with van der Waals surface area (Å²) in [4.78, 5) is 26.1. The molecule has 1 amide bonds. The van der Waals surface area contributed by atoms with E-state index in [9.17, 15) is 9.59 Å². The Kier molecular flexibility index (Phi) is 8.72. The van der Waals surface area contributed by atoms with Gasteiger partial charge in [-0.3, -0.25) is 9.59 Å². The molecule has 0 aliphatic rings. The zero-order chi connectivity index (χ0) is 17.1. The summed E-state index contributed by atoms with van der Waals surface area (Å²) >= 11 is 0. The number of pyridine rings is 1. The Morgan fingerprint density at radius 1 is 1.13 bits per heavy atom. The van der Waals surface area contributed by atoms with Crippen LogP contribution in [0.25, 0.3) is 0 Å². The van der Waals surface area contributed by atoms with Gasteiger partial charge in [-0.1, -0.05) is 26.3 Å². The van der Waals surface area contributed by atoms with E-state index in [1.54, 1.807) is 0 Å². The van der Waals surface area contributed by atoms with Crippen LogP contribution >= 0.6 is 0 Å². The summed E-state index contributed by atoms with van der Waals surface area (Å²) < 4.78 is 0. The van der Waals surface area contributed by atoms with E-state index in [-0.39, 0.29) is 18.9 Å². The van der Waals surface area contributed by atoms with Gasteiger partial charge in [0.25, 0.3) is 0 Å². The smallest absolute Gasteiger partial charge is 0.305 e. The van der Waals surface area contributed by atoms with Crippen LogP contribution in [0.1, 0.15) is 57.4 Å². The molecule has 0 atom stereocenters. The zero-order valence-electron chi connectivity index (χ0n) is 14.0. The highest BCUT2D eigenvalue weighted by Gasteiger charge is 2.03. The lowest BCUT2D eigenvalue weighted by Crippen LogP contribution is -2.25. The Morgan fingerprint density at radius 2 is 1.91 bits per heavy atom. The lowest BCUT2D eigenvalue weighted by molar-refractivity contribution is -0.136. The van der Waals surface area contributed by atoms with Crippen molar-refractivity contribution in [1.82, 2.24) is 10.3 Å². The number of nitrogens with one attached hydrogen (secondary N) is 2. The van der Waals surface area contributed by atoms with Gasteiger partial charge in [0, 0.05) is 25.7 Å². The maximum Gasteiger partial charge on any atom is 0.305 e. The molecular formula is C17H27N3O3. The molecule has 6 nitrogen and oxygen atoms in total. The minimum Gasteiger partial charge on any atom is -0.481 e. The Bertz CT molecular complexity index is 486. The molecular weight excluding hydrogens is 294 g/mol. The first kappa shape index (κ1) is 18.9. The Hall–Kier alpha value is -2.11. The van der Waals surface area contributed by atoms with Crippen molar-refractivity contribution in [1.29, 1.82) is 0 Å². The molecule has 0 aliphatic carbocycles. The standard InChI is InChI=1S/C17H27N3O3/c1-13(2)14-7-8-15(20-12-14)18-10-5-3-4-6-16(21)19-11-9-17(22)23/h7-8,12-13H,3-6,9-11H2,1-2H3,(H,18,20)(H,19,21)(H,22,23). The molecule has 0 radical (unpaired) electrons. The fourth-order valence-corrected chi connectivity index (χ4v) is 2.05. The number of hydrogen-bond acceptors (Lipinski definition) is 4. The van der Waals surface area contributed by atoms with E-state index in [0.717, 1.165) is 31.6 Å². The van der Waals surface area contributed by atoms with E-state index in [2.05, 4.69) is 35.5 Å². The second kappa shape index (κ2) is 10.6.